The van der Waals surface area contributed by atoms with Crippen molar-refractivity contribution >= 4 is 12.8 Å². The quantitative estimate of drug-likeness (QED) is 0.361. The zero-order valence-electron chi connectivity index (χ0n) is 9.38. The number of azide groups is 1. The van der Waals surface area contributed by atoms with Gasteiger partial charge in [0, 0.05) is 9.80 Å². The summed E-state index contributed by atoms with van der Waals surface area (Å²) < 4.78 is 17.9. The lowest BCUT2D eigenvalue weighted by Crippen LogP contribution is -2.06. The van der Waals surface area contributed by atoms with Crippen LogP contribution in [0.15, 0.2) is 65.5 Å². The minimum absolute atomic E-state index is 0.367. The third-order valence-corrected chi connectivity index (χ3v) is 3.94. The van der Waals surface area contributed by atoms with E-state index < -0.39 is 7.52 Å². The highest BCUT2D eigenvalue weighted by Crippen LogP contribution is 2.47. The third kappa shape index (κ3) is 2.72. The molecule has 6 heteroatoms. The van der Waals surface area contributed by atoms with Gasteiger partial charge in [0.15, 0.2) is 0 Å². The first-order valence-corrected chi connectivity index (χ1v) is 6.79. The second kappa shape index (κ2) is 5.41. The Hall–Kier alpha value is -2.22. The molecule has 0 fully saturated rings. The van der Waals surface area contributed by atoms with Crippen LogP contribution in [-0.2, 0) is 4.57 Å². The van der Waals surface area contributed by atoms with Gasteiger partial charge < -0.3 is 4.52 Å². The fourth-order valence-electron chi connectivity index (χ4n) is 1.42. The minimum Gasteiger partial charge on any atom is -0.436 e. The lowest BCUT2D eigenvalue weighted by atomic mass is 10.3. The van der Waals surface area contributed by atoms with Crippen molar-refractivity contribution in [2.45, 2.75) is 0 Å². The Balaban J connectivity index is 2.40. The Bertz CT molecular complexity index is 610. The molecule has 0 saturated heterocycles. The number of nitrogens with zero attached hydrogens (tertiary/aromatic N) is 3. The summed E-state index contributed by atoms with van der Waals surface area (Å²) in [5.74, 6) is 0.400. The van der Waals surface area contributed by atoms with Crippen LogP contribution in [0.5, 0.6) is 5.75 Å². The predicted molar refractivity (Wildman–Crippen MR) is 69.9 cm³/mol. The summed E-state index contributed by atoms with van der Waals surface area (Å²) in [6.07, 6.45) is 0. The van der Waals surface area contributed by atoms with Gasteiger partial charge in [-0.05, 0) is 29.8 Å². The molecule has 0 heterocycles. The van der Waals surface area contributed by atoms with Crippen LogP contribution in [0.3, 0.4) is 0 Å². The molecule has 0 saturated carbocycles. The van der Waals surface area contributed by atoms with Crippen LogP contribution in [-0.4, -0.2) is 0 Å². The molecule has 0 radical (unpaired) electrons. The van der Waals surface area contributed by atoms with Gasteiger partial charge in [-0.3, -0.25) is 4.57 Å². The highest BCUT2D eigenvalue weighted by molar-refractivity contribution is 7.65. The summed E-state index contributed by atoms with van der Waals surface area (Å²) >= 11 is 0. The van der Waals surface area contributed by atoms with Crippen molar-refractivity contribution in [3.05, 3.63) is 71.1 Å². The van der Waals surface area contributed by atoms with E-state index in [1.165, 1.54) is 0 Å². The lowest BCUT2D eigenvalue weighted by Gasteiger charge is -2.14. The summed E-state index contributed by atoms with van der Waals surface area (Å²) in [7, 11) is -3.59. The van der Waals surface area contributed by atoms with E-state index in [0.717, 1.165) is 0 Å². The number of rotatable bonds is 4. The molecule has 0 bridgehead atoms. The first-order valence-electron chi connectivity index (χ1n) is 5.21. The van der Waals surface area contributed by atoms with Crippen molar-refractivity contribution in [1.82, 2.24) is 0 Å². The third-order valence-electron chi connectivity index (χ3n) is 2.21. The van der Waals surface area contributed by atoms with Crippen molar-refractivity contribution in [1.29, 1.82) is 0 Å². The maximum atomic E-state index is 12.5. The van der Waals surface area contributed by atoms with Crippen molar-refractivity contribution in [3.63, 3.8) is 0 Å². The summed E-state index contributed by atoms with van der Waals surface area (Å²) in [5, 5.41) is 0.367. The van der Waals surface area contributed by atoms with Crippen molar-refractivity contribution < 1.29 is 9.09 Å². The van der Waals surface area contributed by atoms with Crippen LogP contribution in [0, 0.1) is 0 Å². The van der Waals surface area contributed by atoms with Gasteiger partial charge in [-0.1, -0.05) is 36.4 Å². The summed E-state index contributed by atoms with van der Waals surface area (Å²) in [5.41, 5.74) is 8.55. The molecule has 0 unspecified atom stereocenters. The molecule has 2 aromatic carbocycles. The lowest BCUT2D eigenvalue weighted by molar-refractivity contribution is 0.493. The van der Waals surface area contributed by atoms with E-state index in [4.69, 9.17) is 10.1 Å². The van der Waals surface area contributed by atoms with Gasteiger partial charge in [-0.15, -0.1) is 0 Å². The molecule has 0 amide bonds. The molecule has 0 aliphatic heterocycles. The largest absolute Gasteiger partial charge is 0.436 e. The fraction of sp³-hybridized carbons (Fsp3) is 0. The Morgan fingerprint density at radius 3 is 2.11 bits per heavy atom. The number of para-hydroxylation sites is 1. The van der Waals surface area contributed by atoms with Crippen molar-refractivity contribution in [2.75, 3.05) is 0 Å². The topological polar surface area (TPSA) is 75.1 Å². The predicted octanol–water partition coefficient (Wildman–Crippen LogP) is 3.89. The average molecular weight is 259 g/mol. The second-order valence-corrected chi connectivity index (χ2v) is 5.36. The number of hydrogen-bond donors (Lipinski definition) is 0. The fourth-order valence-corrected chi connectivity index (χ4v) is 2.72. The Labute approximate surface area is 104 Å². The van der Waals surface area contributed by atoms with Gasteiger partial charge in [-0.2, -0.15) is 0 Å². The summed E-state index contributed by atoms with van der Waals surface area (Å²) in [6.45, 7) is 0. The van der Waals surface area contributed by atoms with Crippen molar-refractivity contribution in [2.24, 2.45) is 4.88 Å². The van der Waals surface area contributed by atoms with Gasteiger partial charge in [0.25, 0.3) is 0 Å². The second-order valence-electron chi connectivity index (χ2n) is 3.44. The van der Waals surface area contributed by atoms with Gasteiger partial charge in [0.1, 0.15) is 5.75 Å². The zero-order chi connectivity index (χ0) is 12.8. The van der Waals surface area contributed by atoms with E-state index in [2.05, 4.69) is 9.80 Å². The average Bonchev–Trinajstić information content (AvgIpc) is 2.41. The molecule has 2 rings (SSSR count). The van der Waals surface area contributed by atoms with Crippen molar-refractivity contribution in [3.8, 4) is 5.75 Å². The summed E-state index contributed by atoms with van der Waals surface area (Å²) in [6, 6.07) is 17.1. The molecule has 0 aliphatic carbocycles. The Morgan fingerprint density at radius 1 is 1.00 bits per heavy atom. The first kappa shape index (κ1) is 12.2. The van der Waals surface area contributed by atoms with Gasteiger partial charge in [-0.25, -0.2) is 0 Å². The molecule has 0 N–H and O–H groups in total. The first-order chi connectivity index (χ1) is 8.74. The molecule has 0 spiro atoms. The molecular formula is C12H10N3O2P. The molecule has 2 aromatic rings. The molecule has 0 aliphatic rings. The summed E-state index contributed by atoms with van der Waals surface area (Å²) in [4.78, 5) is 5.95. The minimum atomic E-state index is -3.59. The number of hydrogen-bond acceptors (Lipinski definition) is 2. The zero-order valence-corrected chi connectivity index (χ0v) is 10.3. The highest BCUT2D eigenvalue weighted by Gasteiger charge is 2.25. The normalized spacial score (nSPS) is 13.1. The molecular weight excluding hydrogens is 249 g/mol. The van der Waals surface area contributed by atoms with E-state index in [-0.39, 0.29) is 0 Å². The van der Waals surface area contributed by atoms with Gasteiger partial charge in [0.2, 0.25) is 0 Å². The standard InChI is InChI=1S/C12H10N3O2P/c13-14-15-18(16,12-9-5-2-6-10-12)17-11-7-3-1-4-8-11/h1-10H/t18-/m1/s1. The van der Waals surface area contributed by atoms with Crippen LogP contribution < -0.4 is 9.83 Å². The van der Waals surface area contributed by atoms with Crippen LogP contribution in [0.25, 0.3) is 10.4 Å². The SMILES string of the molecule is [N-]=[N+]=N[P@](=O)(Oc1ccccc1)c1ccccc1. The van der Waals surface area contributed by atoms with Gasteiger partial charge >= 0.3 is 7.52 Å². The van der Waals surface area contributed by atoms with E-state index in [1.807, 2.05) is 6.07 Å². The van der Waals surface area contributed by atoms with E-state index in [1.54, 1.807) is 54.6 Å². The Kier molecular flexibility index (Phi) is 3.68. The number of benzene rings is 2. The van der Waals surface area contributed by atoms with E-state index >= 15 is 0 Å². The Morgan fingerprint density at radius 2 is 1.56 bits per heavy atom. The molecule has 18 heavy (non-hydrogen) atoms. The molecule has 90 valence electrons. The maximum Gasteiger partial charge on any atom is 0.364 e. The van der Waals surface area contributed by atoms with Gasteiger partial charge in [0.05, 0.1) is 5.30 Å². The van der Waals surface area contributed by atoms with E-state index in [0.29, 0.717) is 11.1 Å². The van der Waals surface area contributed by atoms with Crippen LogP contribution in [0.2, 0.25) is 0 Å². The molecule has 1 atom stereocenters. The smallest absolute Gasteiger partial charge is 0.364 e. The maximum absolute atomic E-state index is 12.5. The van der Waals surface area contributed by atoms with Crippen LogP contribution >= 0.6 is 7.52 Å². The monoisotopic (exact) mass is 259 g/mol. The molecule has 5 nitrogen and oxygen atoms in total. The van der Waals surface area contributed by atoms with Crippen LogP contribution in [0.1, 0.15) is 0 Å². The van der Waals surface area contributed by atoms with E-state index in [9.17, 15) is 4.57 Å². The van der Waals surface area contributed by atoms with Crippen LogP contribution in [0.4, 0.5) is 0 Å². The highest BCUT2D eigenvalue weighted by atomic mass is 31.2. The molecule has 0 aromatic heterocycles.